The Morgan fingerprint density at radius 1 is 1.25 bits per heavy atom. The molecular formula is C15H13N5O4. The molecule has 9 nitrogen and oxygen atoms in total. The maximum atomic E-state index is 12.4. The van der Waals surface area contributed by atoms with Crippen molar-refractivity contribution < 1.29 is 14.3 Å². The molecule has 0 unspecified atom stereocenters. The van der Waals surface area contributed by atoms with E-state index in [0.29, 0.717) is 5.65 Å². The molecule has 0 aliphatic carbocycles. The average molecular weight is 327 g/mol. The van der Waals surface area contributed by atoms with E-state index in [4.69, 9.17) is 0 Å². The maximum Gasteiger partial charge on any atom is 0.398 e. The lowest BCUT2D eigenvalue weighted by Gasteiger charge is -2.07. The molecule has 0 bridgehead atoms. The van der Waals surface area contributed by atoms with E-state index in [9.17, 15) is 14.4 Å². The summed E-state index contributed by atoms with van der Waals surface area (Å²) in [5.41, 5.74) is 2.66. The fourth-order valence-electron chi connectivity index (χ4n) is 2.10. The van der Waals surface area contributed by atoms with E-state index in [1.54, 1.807) is 6.92 Å². The largest absolute Gasteiger partial charge is 0.459 e. The highest BCUT2D eigenvalue weighted by Gasteiger charge is 2.17. The second-order valence-electron chi connectivity index (χ2n) is 4.71. The van der Waals surface area contributed by atoms with Crippen molar-refractivity contribution >= 4 is 22.9 Å². The number of esters is 1. The van der Waals surface area contributed by atoms with Crippen LogP contribution in [0.3, 0.4) is 0 Å². The first-order valence-electron chi connectivity index (χ1n) is 7.10. The van der Waals surface area contributed by atoms with E-state index in [-0.39, 0.29) is 12.0 Å². The topological polar surface area (TPSA) is 108 Å². The van der Waals surface area contributed by atoms with Gasteiger partial charge in [0.25, 0.3) is 5.56 Å². The van der Waals surface area contributed by atoms with Gasteiger partial charge in [0.1, 0.15) is 11.7 Å². The number of hydrogen-bond donors (Lipinski definition) is 1. The summed E-state index contributed by atoms with van der Waals surface area (Å²) in [6.45, 7) is 1.63. The Morgan fingerprint density at radius 2 is 2.00 bits per heavy atom. The summed E-state index contributed by atoms with van der Waals surface area (Å²) in [6, 6.07) is 9.18. The summed E-state index contributed by atoms with van der Waals surface area (Å²) in [4.78, 5) is 39.5. The van der Waals surface area contributed by atoms with Crippen molar-refractivity contribution in [1.82, 2.24) is 19.4 Å². The molecule has 2 heterocycles. The molecule has 0 saturated heterocycles. The number of carbonyl (C=O) groups is 2. The van der Waals surface area contributed by atoms with Crippen LogP contribution >= 0.6 is 0 Å². The van der Waals surface area contributed by atoms with E-state index >= 15 is 0 Å². The van der Waals surface area contributed by atoms with E-state index in [0.717, 1.165) is 16.7 Å². The van der Waals surface area contributed by atoms with Crippen LogP contribution in [0.5, 0.6) is 0 Å². The zero-order chi connectivity index (χ0) is 17.1. The van der Waals surface area contributed by atoms with Crippen LogP contribution in [-0.2, 0) is 14.3 Å². The van der Waals surface area contributed by atoms with Gasteiger partial charge in [0.15, 0.2) is 5.65 Å². The SMILES string of the molecule is CCOC(=O)C(=O)Nn1cnc2c(cnn2-c2ccccc2)c1=O. The first-order chi connectivity index (χ1) is 11.6. The van der Waals surface area contributed by atoms with Gasteiger partial charge in [0.05, 0.1) is 18.5 Å². The third kappa shape index (κ3) is 2.74. The Balaban J connectivity index is 1.97. The van der Waals surface area contributed by atoms with Crippen molar-refractivity contribution in [2.24, 2.45) is 0 Å². The van der Waals surface area contributed by atoms with Crippen LogP contribution in [0.2, 0.25) is 0 Å². The number of hydrogen-bond acceptors (Lipinski definition) is 6. The minimum Gasteiger partial charge on any atom is -0.459 e. The van der Waals surface area contributed by atoms with Gasteiger partial charge in [0.2, 0.25) is 0 Å². The highest BCUT2D eigenvalue weighted by Crippen LogP contribution is 2.12. The zero-order valence-corrected chi connectivity index (χ0v) is 12.7. The Morgan fingerprint density at radius 3 is 2.71 bits per heavy atom. The number of ether oxygens (including phenoxy) is 1. The van der Waals surface area contributed by atoms with Gasteiger partial charge in [-0.05, 0) is 19.1 Å². The fraction of sp³-hybridized carbons (Fsp3) is 0.133. The molecule has 0 aliphatic heterocycles. The lowest BCUT2D eigenvalue weighted by molar-refractivity contribution is -0.152. The van der Waals surface area contributed by atoms with Gasteiger partial charge in [0, 0.05) is 0 Å². The molecule has 1 aromatic carbocycles. The smallest absolute Gasteiger partial charge is 0.398 e. The Kier molecular flexibility index (Phi) is 4.06. The highest BCUT2D eigenvalue weighted by atomic mass is 16.5. The van der Waals surface area contributed by atoms with Crippen molar-refractivity contribution in [2.45, 2.75) is 6.92 Å². The fourth-order valence-corrected chi connectivity index (χ4v) is 2.10. The van der Waals surface area contributed by atoms with E-state index in [1.165, 1.54) is 10.9 Å². The Hall–Kier alpha value is -3.49. The number of rotatable bonds is 3. The number of nitrogens with zero attached hydrogens (tertiary/aromatic N) is 4. The zero-order valence-electron chi connectivity index (χ0n) is 12.7. The summed E-state index contributed by atoms with van der Waals surface area (Å²) < 4.78 is 6.89. The summed E-state index contributed by atoms with van der Waals surface area (Å²) in [7, 11) is 0. The molecule has 0 aliphatic rings. The standard InChI is InChI=1S/C15H13N5O4/c1-2-24-15(23)13(21)18-19-9-16-12-11(14(19)22)8-17-20(12)10-6-4-3-5-7-10/h3-9H,2H2,1H3,(H,18,21). The van der Waals surface area contributed by atoms with Crippen molar-refractivity contribution in [1.29, 1.82) is 0 Å². The van der Waals surface area contributed by atoms with Crippen LogP contribution in [0.25, 0.3) is 16.7 Å². The quantitative estimate of drug-likeness (QED) is 0.544. The summed E-state index contributed by atoms with van der Waals surface area (Å²) >= 11 is 0. The molecule has 122 valence electrons. The first-order valence-corrected chi connectivity index (χ1v) is 7.10. The molecule has 9 heteroatoms. The monoisotopic (exact) mass is 327 g/mol. The molecule has 24 heavy (non-hydrogen) atoms. The third-order valence-corrected chi connectivity index (χ3v) is 3.17. The molecule has 0 radical (unpaired) electrons. The molecule has 0 spiro atoms. The molecule has 3 aromatic rings. The van der Waals surface area contributed by atoms with E-state index < -0.39 is 17.4 Å². The lowest BCUT2D eigenvalue weighted by atomic mass is 10.3. The van der Waals surface area contributed by atoms with Crippen molar-refractivity contribution in [3.05, 3.63) is 53.2 Å². The van der Waals surface area contributed by atoms with Crippen LogP contribution < -0.4 is 11.0 Å². The summed E-state index contributed by atoms with van der Waals surface area (Å²) in [5, 5.41) is 4.35. The summed E-state index contributed by atoms with van der Waals surface area (Å²) in [6.07, 6.45) is 2.47. The second kappa shape index (κ2) is 6.32. The number of benzene rings is 1. The lowest BCUT2D eigenvalue weighted by Crippen LogP contribution is -2.37. The van der Waals surface area contributed by atoms with Crippen LogP contribution in [0.15, 0.2) is 47.7 Å². The van der Waals surface area contributed by atoms with Gasteiger partial charge >= 0.3 is 11.9 Å². The molecule has 0 saturated carbocycles. The second-order valence-corrected chi connectivity index (χ2v) is 4.71. The molecule has 0 atom stereocenters. The van der Waals surface area contributed by atoms with E-state index in [2.05, 4.69) is 20.2 Å². The van der Waals surface area contributed by atoms with Crippen molar-refractivity contribution in [3.63, 3.8) is 0 Å². The predicted molar refractivity (Wildman–Crippen MR) is 84.1 cm³/mol. The number of aromatic nitrogens is 4. The molecule has 1 amide bonds. The Labute approximate surface area is 135 Å². The minimum absolute atomic E-state index is 0.0578. The third-order valence-electron chi connectivity index (χ3n) is 3.17. The average Bonchev–Trinajstić information content (AvgIpc) is 3.03. The number of carbonyl (C=O) groups excluding carboxylic acids is 2. The summed E-state index contributed by atoms with van der Waals surface area (Å²) in [5.74, 6) is -2.14. The number of para-hydroxylation sites is 1. The van der Waals surface area contributed by atoms with Crippen molar-refractivity contribution in [3.8, 4) is 5.69 Å². The maximum absolute atomic E-state index is 12.4. The van der Waals surface area contributed by atoms with Gasteiger partial charge in [-0.3, -0.25) is 9.59 Å². The molecule has 2 aromatic heterocycles. The normalized spacial score (nSPS) is 10.5. The molecular weight excluding hydrogens is 314 g/mol. The minimum atomic E-state index is -1.08. The molecule has 0 fully saturated rings. The van der Waals surface area contributed by atoms with Crippen LogP contribution in [-0.4, -0.2) is 37.9 Å². The van der Waals surface area contributed by atoms with Crippen LogP contribution in [0.4, 0.5) is 0 Å². The molecule has 3 rings (SSSR count). The predicted octanol–water partition coefficient (Wildman–Crippen LogP) is 0.215. The van der Waals surface area contributed by atoms with Gasteiger partial charge in [-0.25, -0.2) is 24.6 Å². The van der Waals surface area contributed by atoms with Crippen LogP contribution in [0.1, 0.15) is 6.92 Å². The van der Waals surface area contributed by atoms with Gasteiger partial charge in [-0.1, -0.05) is 18.2 Å². The van der Waals surface area contributed by atoms with Gasteiger partial charge in [-0.15, -0.1) is 0 Å². The highest BCUT2D eigenvalue weighted by molar-refractivity contribution is 6.35. The number of amides is 1. The number of fused-ring (bicyclic) bond motifs is 1. The number of nitrogens with one attached hydrogen (secondary N) is 1. The Bertz CT molecular complexity index is 961. The van der Waals surface area contributed by atoms with Crippen LogP contribution in [0, 0.1) is 0 Å². The van der Waals surface area contributed by atoms with Gasteiger partial charge < -0.3 is 4.74 Å². The molecule has 1 N–H and O–H groups in total. The first kappa shape index (κ1) is 15.4. The van der Waals surface area contributed by atoms with Crippen molar-refractivity contribution in [2.75, 3.05) is 12.0 Å². The van der Waals surface area contributed by atoms with Gasteiger partial charge in [-0.2, -0.15) is 5.10 Å². The van der Waals surface area contributed by atoms with E-state index in [1.807, 2.05) is 30.3 Å².